The molecule has 0 saturated carbocycles. The molecule has 0 N–H and O–H groups in total. The molecule has 0 bridgehead atoms. The van der Waals surface area contributed by atoms with E-state index < -0.39 is 5.82 Å². The Morgan fingerprint density at radius 3 is 2.60 bits per heavy atom. The number of hydrogen-bond acceptors (Lipinski definition) is 7. The first-order valence-corrected chi connectivity index (χ1v) is 13.6. The number of benzene rings is 2. The van der Waals surface area contributed by atoms with Crippen molar-refractivity contribution >= 4 is 44.6 Å². The summed E-state index contributed by atoms with van der Waals surface area (Å²) in [6.07, 6.45) is 4.98. The Morgan fingerprint density at radius 2 is 1.82 bits per heavy atom. The third kappa shape index (κ3) is 5.05. The molecule has 1 aliphatic heterocycles. The lowest BCUT2D eigenvalue weighted by molar-refractivity contribution is -0.126. The summed E-state index contributed by atoms with van der Waals surface area (Å²) in [6.45, 7) is 1.19. The number of ether oxygens (including phenoxy) is 1. The number of anilines is 2. The van der Waals surface area contributed by atoms with E-state index in [1.807, 2.05) is 55.2 Å². The number of aromatic nitrogens is 3. The summed E-state index contributed by atoms with van der Waals surface area (Å²) in [4.78, 5) is 39.2. The molecule has 6 rings (SSSR count). The zero-order valence-corrected chi connectivity index (χ0v) is 22.8. The molecule has 0 saturated heterocycles. The van der Waals surface area contributed by atoms with Crippen LogP contribution in [-0.2, 0) is 23.1 Å². The standard InChI is InChI=1S/C30H26FN5O3S/c1-34-17-23(33-18-34)28-16-22-30(40-28)27(9-10-32-22)39-26-8-7-19(14-21(26)31)13-20(37)15-29(38)36-12-11-35(2)24-5-3-4-6-25(24)36/h3-10,14,16-18H,11-13,15H2,1-2H3. The third-order valence-electron chi connectivity index (χ3n) is 6.84. The number of halogens is 1. The van der Waals surface area contributed by atoms with Crippen molar-refractivity contribution in [1.82, 2.24) is 14.5 Å². The number of ketones is 1. The topological polar surface area (TPSA) is 80.6 Å². The molecule has 0 unspecified atom stereocenters. The van der Waals surface area contributed by atoms with Gasteiger partial charge in [0.05, 0.1) is 44.9 Å². The van der Waals surface area contributed by atoms with E-state index in [9.17, 15) is 9.59 Å². The van der Waals surface area contributed by atoms with Crippen molar-refractivity contribution in [3.63, 3.8) is 0 Å². The van der Waals surface area contributed by atoms with Gasteiger partial charge in [-0.1, -0.05) is 18.2 Å². The number of carbonyl (C=O) groups excluding carboxylic acids is 2. The minimum absolute atomic E-state index is 0.0432. The summed E-state index contributed by atoms with van der Waals surface area (Å²) in [5.74, 6) is -0.588. The number of likely N-dealkylation sites (N-methyl/N-ethyl adjacent to an activating group) is 1. The van der Waals surface area contributed by atoms with Crippen LogP contribution in [0.4, 0.5) is 15.8 Å². The zero-order valence-electron chi connectivity index (χ0n) is 22.0. The number of pyridine rings is 1. The highest BCUT2D eigenvalue weighted by Gasteiger charge is 2.26. The van der Waals surface area contributed by atoms with Crippen LogP contribution in [0.2, 0.25) is 0 Å². The molecule has 10 heteroatoms. The van der Waals surface area contributed by atoms with Crippen LogP contribution in [0.25, 0.3) is 20.8 Å². The van der Waals surface area contributed by atoms with Gasteiger partial charge in [0.2, 0.25) is 5.91 Å². The van der Waals surface area contributed by atoms with E-state index >= 15 is 4.39 Å². The zero-order chi connectivity index (χ0) is 27.8. The Bertz CT molecular complexity index is 1750. The maximum atomic E-state index is 15.1. The van der Waals surface area contributed by atoms with Gasteiger partial charge in [-0.2, -0.15) is 0 Å². The highest BCUT2D eigenvalue weighted by Crippen LogP contribution is 2.39. The molecule has 40 heavy (non-hydrogen) atoms. The fourth-order valence-electron chi connectivity index (χ4n) is 4.84. The fraction of sp³-hybridized carbons (Fsp3) is 0.200. The second-order valence-electron chi connectivity index (χ2n) is 9.77. The Morgan fingerprint density at radius 1 is 1.00 bits per heavy atom. The molecule has 4 heterocycles. The summed E-state index contributed by atoms with van der Waals surface area (Å²) < 4.78 is 23.7. The average Bonchev–Trinajstić information content (AvgIpc) is 3.57. The van der Waals surface area contributed by atoms with E-state index in [-0.39, 0.29) is 30.3 Å². The first-order chi connectivity index (χ1) is 19.4. The van der Waals surface area contributed by atoms with Crippen molar-refractivity contribution in [2.24, 2.45) is 7.05 Å². The van der Waals surface area contributed by atoms with Gasteiger partial charge >= 0.3 is 0 Å². The van der Waals surface area contributed by atoms with Crippen molar-refractivity contribution in [3.05, 3.63) is 84.7 Å². The predicted molar refractivity (Wildman–Crippen MR) is 154 cm³/mol. The van der Waals surface area contributed by atoms with E-state index in [1.54, 1.807) is 29.6 Å². The maximum absolute atomic E-state index is 15.1. The van der Waals surface area contributed by atoms with Crippen LogP contribution in [0.5, 0.6) is 11.5 Å². The monoisotopic (exact) mass is 555 g/mol. The van der Waals surface area contributed by atoms with Gasteiger partial charge in [-0.05, 0) is 35.9 Å². The van der Waals surface area contributed by atoms with Crippen LogP contribution in [-0.4, -0.2) is 46.4 Å². The van der Waals surface area contributed by atoms with Crippen LogP contribution in [0.15, 0.2) is 73.3 Å². The molecule has 202 valence electrons. The van der Waals surface area contributed by atoms with Crippen LogP contribution in [0.3, 0.4) is 0 Å². The number of hydrogen-bond donors (Lipinski definition) is 0. The van der Waals surface area contributed by atoms with Gasteiger partial charge in [-0.3, -0.25) is 14.6 Å². The van der Waals surface area contributed by atoms with Crippen molar-refractivity contribution in [3.8, 4) is 22.1 Å². The Labute approximate surface area is 234 Å². The van der Waals surface area contributed by atoms with Crippen molar-refractivity contribution in [2.75, 3.05) is 29.9 Å². The molecule has 2 aromatic carbocycles. The van der Waals surface area contributed by atoms with Gasteiger partial charge in [-0.15, -0.1) is 11.3 Å². The molecular weight excluding hydrogens is 529 g/mol. The lowest BCUT2D eigenvalue weighted by Gasteiger charge is -2.35. The summed E-state index contributed by atoms with van der Waals surface area (Å²) in [5, 5.41) is 0. The normalized spacial score (nSPS) is 13.0. The molecule has 0 spiro atoms. The van der Waals surface area contributed by atoms with Crippen LogP contribution in [0.1, 0.15) is 12.0 Å². The number of thiophene rings is 1. The quantitative estimate of drug-likeness (QED) is 0.243. The minimum atomic E-state index is -0.587. The molecular formula is C30H26FN5O3S. The van der Waals surface area contributed by atoms with E-state index in [0.29, 0.717) is 24.4 Å². The number of imidazole rings is 1. The Kier molecular flexibility index (Phi) is 6.77. The molecule has 1 aliphatic rings. The Hall–Kier alpha value is -4.57. The second kappa shape index (κ2) is 10.5. The number of nitrogens with zero attached hydrogens (tertiary/aromatic N) is 5. The summed E-state index contributed by atoms with van der Waals surface area (Å²) in [7, 11) is 3.88. The van der Waals surface area contributed by atoms with Gasteiger partial charge in [0.25, 0.3) is 0 Å². The number of carbonyl (C=O) groups is 2. The molecule has 0 aliphatic carbocycles. The predicted octanol–water partition coefficient (Wildman–Crippen LogP) is 5.61. The molecule has 3 aromatic heterocycles. The smallest absolute Gasteiger partial charge is 0.234 e. The molecule has 8 nitrogen and oxygen atoms in total. The highest BCUT2D eigenvalue weighted by molar-refractivity contribution is 7.22. The number of amides is 1. The number of Topliss-reactive ketones (excluding diaryl/α,β-unsaturated/α-hetero) is 1. The van der Waals surface area contributed by atoms with Crippen molar-refractivity contribution in [2.45, 2.75) is 12.8 Å². The molecule has 0 atom stereocenters. The van der Waals surface area contributed by atoms with Gasteiger partial charge < -0.3 is 19.1 Å². The van der Waals surface area contributed by atoms with E-state index in [2.05, 4.69) is 14.9 Å². The average molecular weight is 556 g/mol. The van der Waals surface area contributed by atoms with Crippen molar-refractivity contribution < 1.29 is 18.7 Å². The summed E-state index contributed by atoms with van der Waals surface area (Å²) >= 11 is 1.47. The van der Waals surface area contributed by atoms with Gasteiger partial charge in [-0.25, -0.2) is 9.37 Å². The minimum Gasteiger partial charge on any atom is -0.453 e. The summed E-state index contributed by atoms with van der Waals surface area (Å²) in [6, 6.07) is 15.7. The lowest BCUT2D eigenvalue weighted by atomic mass is 10.1. The van der Waals surface area contributed by atoms with E-state index in [1.165, 1.54) is 23.5 Å². The first-order valence-electron chi connectivity index (χ1n) is 12.8. The summed E-state index contributed by atoms with van der Waals surface area (Å²) in [5.41, 5.74) is 3.79. The lowest BCUT2D eigenvalue weighted by Crippen LogP contribution is -2.43. The molecule has 1 amide bonds. The maximum Gasteiger partial charge on any atom is 0.234 e. The number of fused-ring (bicyclic) bond motifs is 2. The molecule has 5 aromatic rings. The van der Waals surface area contributed by atoms with Crippen LogP contribution >= 0.6 is 11.3 Å². The van der Waals surface area contributed by atoms with Crippen molar-refractivity contribution in [1.29, 1.82) is 0 Å². The third-order valence-corrected chi connectivity index (χ3v) is 8.00. The van der Waals surface area contributed by atoms with Crippen LogP contribution < -0.4 is 14.5 Å². The molecule has 0 fully saturated rings. The number of para-hydroxylation sites is 2. The van der Waals surface area contributed by atoms with E-state index in [4.69, 9.17) is 4.74 Å². The van der Waals surface area contributed by atoms with E-state index in [0.717, 1.165) is 32.2 Å². The fourth-order valence-corrected chi connectivity index (χ4v) is 5.86. The highest BCUT2D eigenvalue weighted by atomic mass is 32.1. The first kappa shape index (κ1) is 25.7. The van der Waals surface area contributed by atoms with Gasteiger partial charge in [0.1, 0.15) is 11.5 Å². The number of aryl methyl sites for hydroxylation is 1. The Balaban J connectivity index is 1.14. The second-order valence-corrected chi connectivity index (χ2v) is 10.8. The SMILES string of the molecule is CN1CCN(C(=O)CC(=O)Cc2ccc(Oc3ccnc4cc(-c5cn(C)cn5)sc34)c(F)c2)c2ccccc21. The van der Waals surface area contributed by atoms with Crippen LogP contribution in [0, 0.1) is 5.82 Å². The van der Waals surface area contributed by atoms with Gasteiger partial charge in [0, 0.05) is 52.1 Å². The number of rotatable bonds is 7. The van der Waals surface area contributed by atoms with Gasteiger partial charge in [0.15, 0.2) is 11.6 Å². The largest absolute Gasteiger partial charge is 0.453 e. The molecule has 0 radical (unpaired) electrons.